The lowest BCUT2D eigenvalue weighted by atomic mass is 10.1. The number of hydrogen-bond acceptors (Lipinski definition) is 8. The molecule has 3 heterocycles. The van der Waals surface area contributed by atoms with Crippen molar-refractivity contribution >= 4 is 34.7 Å². The van der Waals surface area contributed by atoms with E-state index < -0.39 is 36.5 Å². The number of aromatic nitrogens is 4. The van der Waals surface area contributed by atoms with E-state index in [9.17, 15) is 24.2 Å². The van der Waals surface area contributed by atoms with Crippen LogP contribution < -0.4 is 16.2 Å². The van der Waals surface area contributed by atoms with E-state index in [-0.39, 0.29) is 35.3 Å². The number of carbonyl (C=O) groups is 1. The van der Waals surface area contributed by atoms with Crippen LogP contribution in [-0.2, 0) is 9.53 Å². The Morgan fingerprint density at radius 2 is 1.83 bits per heavy atom. The van der Waals surface area contributed by atoms with Crippen molar-refractivity contribution in [2.45, 2.75) is 31.8 Å². The fourth-order valence-electron chi connectivity index (χ4n) is 4.33. The van der Waals surface area contributed by atoms with Crippen molar-refractivity contribution in [3.63, 3.8) is 0 Å². The van der Waals surface area contributed by atoms with Gasteiger partial charge in [-0.25, -0.2) is 9.37 Å². The van der Waals surface area contributed by atoms with Gasteiger partial charge < -0.3 is 20.7 Å². The Balaban J connectivity index is 1.64. The molecule has 3 atom stereocenters. The molecule has 3 unspecified atom stereocenters. The van der Waals surface area contributed by atoms with E-state index in [4.69, 9.17) is 10.5 Å². The van der Waals surface area contributed by atoms with E-state index in [2.05, 4.69) is 15.0 Å². The molecular weight excluding hydrogens is 471 g/mol. The van der Waals surface area contributed by atoms with Crippen molar-refractivity contribution in [1.82, 2.24) is 19.5 Å². The van der Waals surface area contributed by atoms with Crippen LogP contribution in [0.3, 0.4) is 0 Å². The number of anilines is 3. The molecule has 2 aromatic carbocycles. The molecule has 1 amide bonds. The molecule has 2 aromatic heterocycles. The Bertz CT molecular complexity index is 1480. The maximum absolute atomic E-state index is 13.3. The quantitative estimate of drug-likeness (QED) is 0.327. The van der Waals surface area contributed by atoms with Crippen molar-refractivity contribution in [2.75, 3.05) is 17.2 Å². The van der Waals surface area contributed by atoms with Crippen LogP contribution in [0.5, 0.6) is 0 Å². The summed E-state index contributed by atoms with van der Waals surface area (Å²) in [5, 5.41) is 19.9. The maximum Gasteiger partial charge on any atom is 0.280 e. The van der Waals surface area contributed by atoms with Crippen LogP contribution in [0.2, 0.25) is 0 Å². The van der Waals surface area contributed by atoms with Gasteiger partial charge in [0.15, 0.2) is 11.2 Å². The third kappa shape index (κ3) is 4.11. The molecule has 0 bridgehead atoms. The molecule has 0 radical (unpaired) electrons. The van der Waals surface area contributed by atoms with Gasteiger partial charge in [-0.15, -0.1) is 0 Å². The Labute approximate surface area is 203 Å². The molecule has 4 aromatic rings. The smallest absolute Gasteiger partial charge is 0.280 e. The highest BCUT2D eigenvalue weighted by molar-refractivity contribution is 5.99. The van der Waals surface area contributed by atoms with E-state index in [1.165, 1.54) is 28.5 Å². The van der Waals surface area contributed by atoms with Crippen molar-refractivity contribution < 1.29 is 24.1 Å². The predicted octanol–water partition coefficient (Wildman–Crippen LogP) is 1.83. The average molecular weight is 494 g/mol. The first-order valence-corrected chi connectivity index (χ1v) is 11.2. The Kier molecular flexibility index (Phi) is 6.00. The molecule has 36 heavy (non-hydrogen) atoms. The SMILES string of the molecule is CC(=O)N(c1ccc(-c2ccc(F)cc2)cc1)c1nc2c(=O)[nH]c(N)nc2n1C1CC(O)C(CO)O1. The fourth-order valence-corrected chi connectivity index (χ4v) is 4.33. The number of aliphatic hydroxyl groups is 2. The molecule has 0 spiro atoms. The highest BCUT2D eigenvalue weighted by atomic mass is 19.1. The van der Waals surface area contributed by atoms with Crippen LogP contribution in [0.15, 0.2) is 53.3 Å². The number of ether oxygens (including phenoxy) is 1. The third-order valence-corrected chi connectivity index (χ3v) is 6.04. The van der Waals surface area contributed by atoms with E-state index in [0.29, 0.717) is 5.69 Å². The summed E-state index contributed by atoms with van der Waals surface area (Å²) < 4.78 is 20.5. The van der Waals surface area contributed by atoms with E-state index in [1.807, 2.05) is 0 Å². The second kappa shape index (κ2) is 9.15. The number of nitrogens with two attached hydrogens (primary N) is 1. The molecule has 5 N–H and O–H groups in total. The Hall–Kier alpha value is -4.13. The first kappa shape index (κ1) is 23.6. The van der Waals surface area contributed by atoms with E-state index in [0.717, 1.165) is 11.1 Å². The van der Waals surface area contributed by atoms with Crippen molar-refractivity contribution in [3.05, 3.63) is 64.7 Å². The van der Waals surface area contributed by atoms with Gasteiger partial charge >= 0.3 is 0 Å². The normalized spacial score (nSPS) is 19.6. The van der Waals surface area contributed by atoms with Crippen LogP contribution in [0.25, 0.3) is 22.3 Å². The van der Waals surface area contributed by atoms with Gasteiger partial charge in [-0.1, -0.05) is 24.3 Å². The van der Waals surface area contributed by atoms with Gasteiger partial charge in [-0.2, -0.15) is 4.98 Å². The summed E-state index contributed by atoms with van der Waals surface area (Å²) in [6.45, 7) is 0.918. The minimum absolute atomic E-state index is 0.0337. The summed E-state index contributed by atoms with van der Waals surface area (Å²) in [6, 6.07) is 12.9. The number of benzene rings is 2. The minimum atomic E-state index is -0.981. The van der Waals surface area contributed by atoms with Crippen LogP contribution in [0.4, 0.5) is 22.0 Å². The molecule has 12 heteroatoms. The molecular formula is C24H23FN6O5. The topological polar surface area (TPSA) is 160 Å². The molecule has 1 saturated heterocycles. The Morgan fingerprint density at radius 1 is 1.19 bits per heavy atom. The van der Waals surface area contributed by atoms with Crippen LogP contribution in [0.1, 0.15) is 19.6 Å². The number of nitrogen functional groups attached to an aromatic ring is 1. The summed E-state index contributed by atoms with van der Waals surface area (Å²) in [6.07, 6.45) is -2.66. The minimum Gasteiger partial charge on any atom is -0.394 e. The molecule has 0 saturated carbocycles. The lowest BCUT2D eigenvalue weighted by molar-refractivity contribution is -0.116. The van der Waals surface area contributed by atoms with Crippen LogP contribution in [-0.4, -0.2) is 54.5 Å². The average Bonchev–Trinajstić information content (AvgIpc) is 3.40. The first-order chi connectivity index (χ1) is 17.3. The second-order valence-corrected chi connectivity index (χ2v) is 8.43. The van der Waals surface area contributed by atoms with Gasteiger partial charge in [0.05, 0.1) is 18.4 Å². The Morgan fingerprint density at radius 3 is 2.42 bits per heavy atom. The van der Waals surface area contributed by atoms with Crippen molar-refractivity contribution in [3.8, 4) is 11.1 Å². The lowest BCUT2D eigenvalue weighted by Gasteiger charge is -2.24. The summed E-state index contributed by atoms with van der Waals surface area (Å²) in [4.78, 5) is 37.8. The fraction of sp³-hybridized carbons (Fsp3) is 0.250. The lowest BCUT2D eigenvalue weighted by Crippen LogP contribution is -2.28. The number of halogens is 1. The van der Waals surface area contributed by atoms with Crippen molar-refractivity contribution in [2.24, 2.45) is 0 Å². The summed E-state index contributed by atoms with van der Waals surface area (Å²) in [5.41, 5.74) is 7.19. The number of rotatable bonds is 5. The van der Waals surface area contributed by atoms with Gasteiger partial charge in [0.2, 0.25) is 17.8 Å². The number of hydrogen-bond donors (Lipinski definition) is 4. The van der Waals surface area contributed by atoms with Crippen LogP contribution >= 0.6 is 0 Å². The number of H-pyrrole nitrogens is 1. The van der Waals surface area contributed by atoms with Gasteiger partial charge in [0, 0.05) is 13.3 Å². The van der Waals surface area contributed by atoms with E-state index >= 15 is 0 Å². The summed E-state index contributed by atoms with van der Waals surface area (Å²) in [7, 11) is 0. The number of imidazole rings is 1. The van der Waals surface area contributed by atoms with Crippen molar-refractivity contribution in [1.29, 1.82) is 0 Å². The molecule has 1 aliphatic heterocycles. The third-order valence-electron chi connectivity index (χ3n) is 6.04. The van der Waals surface area contributed by atoms with Gasteiger partial charge in [-0.3, -0.25) is 24.0 Å². The number of carbonyl (C=O) groups excluding carboxylic acids is 1. The zero-order valence-electron chi connectivity index (χ0n) is 19.1. The molecule has 11 nitrogen and oxygen atoms in total. The zero-order chi connectivity index (χ0) is 25.6. The monoisotopic (exact) mass is 494 g/mol. The zero-order valence-corrected chi connectivity index (χ0v) is 19.1. The van der Waals surface area contributed by atoms with Gasteiger partial charge in [-0.05, 0) is 35.4 Å². The van der Waals surface area contributed by atoms with Gasteiger partial charge in [0.25, 0.3) is 5.56 Å². The number of nitrogens with one attached hydrogen (secondary N) is 1. The highest BCUT2D eigenvalue weighted by Crippen LogP contribution is 2.37. The summed E-state index contributed by atoms with van der Waals surface area (Å²) in [5.74, 6) is -0.881. The molecule has 1 aliphatic rings. The van der Waals surface area contributed by atoms with Gasteiger partial charge in [0.1, 0.15) is 18.1 Å². The standard InChI is InChI=1S/C24H23FN6O5/c1-12(33)30(16-8-4-14(5-9-16)13-2-6-15(25)7-3-13)24-27-20-21(28-23(26)29-22(20)35)31(24)19-10-17(34)18(11-32)36-19/h2-9,17-19,32,34H,10-11H2,1H3,(H3,26,28,29,35). The number of nitrogens with zero attached hydrogens (tertiary/aromatic N) is 4. The van der Waals surface area contributed by atoms with Crippen LogP contribution in [0, 0.1) is 5.82 Å². The highest BCUT2D eigenvalue weighted by Gasteiger charge is 2.38. The number of aliphatic hydroxyl groups excluding tert-OH is 2. The number of aromatic amines is 1. The first-order valence-electron chi connectivity index (χ1n) is 11.2. The molecule has 186 valence electrons. The predicted molar refractivity (Wildman–Crippen MR) is 129 cm³/mol. The van der Waals surface area contributed by atoms with E-state index in [1.54, 1.807) is 36.4 Å². The second-order valence-electron chi connectivity index (χ2n) is 8.43. The summed E-state index contributed by atoms with van der Waals surface area (Å²) >= 11 is 0. The molecule has 0 aliphatic carbocycles. The number of amides is 1. The molecule has 5 rings (SSSR count). The number of fused-ring (bicyclic) bond motifs is 1. The maximum atomic E-state index is 13.3. The largest absolute Gasteiger partial charge is 0.394 e. The molecule has 1 fully saturated rings.